The van der Waals surface area contributed by atoms with Crippen LogP contribution in [0.4, 0.5) is 10.1 Å². The van der Waals surface area contributed by atoms with E-state index in [0.717, 1.165) is 0 Å². The lowest BCUT2D eigenvalue weighted by atomic mass is 10.1. The van der Waals surface area contributed by atoms with Crippen molar-refractivity contribution in [2.45, 2.75) is 26.3 Å². The zero-order valence-corrected chi connectivity index (χ0v) is 13.1. The second-order valence-electron chi connectivity index (χ2n) is 5.53. The van der Waals surface area contributed by atoms with E-state index in [1.54, 1.807) is 36.4 Å². The second kappa shape index (κ2) is 7.54. The van der Waals surface area contributed by atoms with Gasteiger partial charge < -0.3 is 10.6 Å². The fourth-order valence-electron chi connectivity index (χ4n) is 2.11. The van der Waals surface area contributed by atoms with Gasteiger partial charge in [0.2, 0.25) is 5.91 Å². The topological polar surface area (TPSA) is 58.2 Å². The molecule has 0 radical (unpaired) electrons. The van der Waals surface area contributed by atoms with Gasteiger partial charge in [-0.1, -0.05) is 24.3 Å². The summed E-state index contributed by atoms with van der Waals surface area (Å²) < 4.78 is 12.9. The first-order valence-corrected chi connectivity index (χ1v) is 7.40. The lowest BCUT2D eigenvalue weighted by molar-refractivity contribution is -0.115. The number of rotatable bonds is 5. The third-order valence-corrected chi connectivity index (χ3v) is 3.14. The maximum absolute atomic E-state index is 12.9. The van der Waals surface area contributed by atoms with Crippen molar-refractivity contribution in [1.82, 2.24) is 5.32 Å². The number of amides is 2. The molecule has 0 saturated carbocycles. The van der Waals surface area contributed by atoms with Crippen molar-refractivity contribution in [2.24, 2.45) is 0 Å². The Morgan fingerprint density at radius 3 is 2.35 bits per heavy atom. The lowest BCUT2D eigenvalue weighted by Crippen LogP contribution is -2.31. The van der Waals surface area contributed by atoms with Crippen LogP contribution in [0.25, 0.3) is 0 Å². The van der Waals surface area contributed by atoms with Gasteiger partial charge in [0.05, 0.1) is 17.7 Å². The largest absolute Gasteiger partial charge is 0.350 e. The molecule has 0 aromatic heterocycles. The molecule has 5 heteroatoms. The van der Waals surface area contributed by atoms with Crippen LogP contribution in [0.15, 0.2) is 48.5 Å². The average molecular weight is 314 g/mol. The molecular formula is C18H19FN2O2. The monoisotopic (exact) mass is 314 g/mol. The molecule has 4 nitrogen and oxygen atoms in total. The highest BCUT2D eigenvalue weighted by atomic mass is 19.1. The predicted octanol–water partition coefficient (Wildman–Crippen LogP) is 3.15. The Morgan fingerprint density at radius 2 is 1.70 bits per heavy atom. The molecule has 0 bridgehead atoms. The smallest absolute Gasteiger partial charge is 0.253 e. The molecule has 0 aliphatic carbocycles. The number of hydrogen-bond acceptors (Lipinski definition) is 2. The number of carbonyl (C=O) groups is 2. The van der Waals surface area contributed by atoms with E-state index in [-0.39, 0.29) is 30.1 Å². The minimum atomic E-state index is -0.343. The summed E-state index contributed by atoms with van der Waals surface area (Å²) >= 11 is 0. The molecule has 0 unspecified atom stereocenters. The van der Waals surface area contributed by atoms with E-state index >= 15 is 0 Å². The van der Waals surface area contributed by atoms with Crippen LogP contribution in [0.1, 0.15) is 29.8 Å². The van der Waals surface area contributed by atoms with Crippen molar-refractivity contribution >= 4 is 17.5 Å². The molecule has 0 saturated heterocycles. The van der Waals surface area contributed by atoms with Gasteiger partial charge in [-0.3, -0.25) is 9.59 Å². The molecule has 0 aliphatic rings. The fraction of sp³-hybridized carbons (Fsp3) is 0.222. The molecule has 0 heterocycles. The van der Waals surface area contributed by atoms with Crippen molar-refractivity contribution in [3.8, 4) is 0 Å². The molecule has 0 aliphatic heterocycles. The first-order chi connectivity index (χ1) is 11.0. The number of anilines is 1. The van der Waals surface area contributed by atoms with Gasteiger partial charge in [-0.25, -0.2) is 4.39 Å². The van der Waals surface area contributed by atoms with Gasteiger partial charge in [-0.05, 0) is 43.7 Å². The maximum Gasteiger partial charge on any atom is 0.253 e. The number of hydrogen-bond donors (Lipinski definition) is 2. The minimum Gasteiger partial charge on any atom is -0.350 e. The van der Waals surface area contributed by atoms with Crippen molar-refractivity contribution in [1.29, 1.82) is 0 Å². The van der Waals surface area contributed by atoms with Gasteiger partial charge in [0.15, 0.2) is 0 Å². The van der Waals surface area contributed by atoms with Crippen LogP contribution >= 0.6 is 0 Å². The SMILES string of the molecule is CC(C)NC(=O)c1ccccc1NC(=O)Cc1ccc(F)cc1. The van der Waals surface area contributed by atoms with Gasteiger partial charge in [0.25, 0.3) is 5.91 Å². The molecule has 0 spiro atoms. The normalized spacial score (nSPS) is 10.4. The van der Waals surface area contributed by atoms with E-state index in [9.17, 15) is 14.0 Å². The van der Waals surface area contributed by atoms with Crippen LogP contribution in [-0.4, -0.2) is 17.9 Å². The highest BCUT2D eigenvalue weighted by molar-refractivity contribution is 6.04. The number of para-hydroxylation sites is 1. The van der Waals surface area contributed by atoms with E-state index in [0.29, 0.717) is 16.8 Å². The summed E-state index contributed by atoms with van der Waals surface area (Å²) in [4.78, 5) is 24.3. The molecule has 2 N–H and O–H groups in total. The quantitative estimate of drug-likeness (QED) is 0.891. The summed E-state index contributed by atoms with van der Waals surface area (Å²) in [7, 11) is 0. The first kappa shape index (κ1) is 16.7. The number of carbonyl (C=O) groups excluding carboxylic acids is 2. The molecular weight excluding hydrogens is 295 g/mol. The van der Waals surface area contributed by atoms with Crippen LogP contribution in [-0.2, 0) is 11.2 Å². The fourth-order valence-corrected chi connectivity index (χ4v) is 2.11. The highest BCUT2D eigenvalue weighted by Crippen LogP contribution is 2.16. The average Bonchev–Trinajstić information content (AvgIpc) is 2.49. The summed E-state index contributed by atoms with van der Waals surface area (Å²) in [6.07, 6.45) is 0.112. The third-order valence-electron chi connectivity index (χ3n) is 3.14. The van der Waals surface area contributed by atoms with Gasteiger partial charge in [-0.15, -0.1) is 0 Å². The summed E-state index contributed by atoms with van der Waals surface area (Å²) in [6.45, 7) is 3.74. The van der Waals surface area contributed by atoms with Crippen LogP contribution < -0.4 is 10.6 Å². The molecule has 23 heavy (non-hydrogen) atoms. The van der Waals surface area contributed by atoms with Gasteiger partial charge in [0.1, 0.15) is 5.82 Å². The van der Waals surface area contributed by atoms with E-state index in [4.69, 9.17) is 0 Å². The summed E-state index contributed by atoms with van der Waals surface area (Å²) in [5.74, 6) is -0.844. The summed E-state index contributed by atoms with van der Waals surface area (Å²) in [5, 5.41) is 5.53. The van der Waals surface area contributed by atoms with Crippen LogP contribution in [0, 0.1) is 5.82 Å². The number of nitrogens with one attached hydrogen (secondary N) is 2. The summed E-state index contributed by atoms with van der Waals surface area (Å²) in [5.41, 5.74) is 1.57. The Kier molecular flexibility index (Phi) is 5.46. The minimum absolute atomic E-state index is 0.00507. The van der Waals surface area contributed by atoms with Crippen molar-refractivity contribution in [2.75, 3.05) is 5.32 Å². The van der Waals surface area contributed by atoms with E-state index in [1.807, 2.05) is 13.8 Å². The van der Waals surface area contributed by atoms with Gasteiger partial charge in [0, 0.05) is 6.04 Å². The molecule has 2 aromatic rings. The molecule has 2 rings (SSSR count). The zero-order valence-electron chi connectivity index (χ0n) is 13.1. The number of halogens is 1. The molecule has 120 valence electrons. The third kappa shape index (κ3) is 4.92. The van der Waals surface area contributed by atoms with Crippen molar-refractivity contribution in [3.63, 3.8) is 0 Å². The highest BCUT2D eigenvalue weighted by Gasteiger charge is 2.14. The van der Waals surface area contributed by atoms with Gasteiger partial charge >= 0.3 is 0 Å². The Morgan fingerprint density at radius 1 is 1.04 bits per heavy atom. The number of benzene rings is 2. The van der Waals surface area contributed by atoms with Crippen molar-refractivity contribution in [3.05, 3.63) is 65.5 Å². The molecule has 0 atom stereocenters. The maximum atomic E-state index is 12.9. The second-order valence-corrected chi connectivity index (χ2v) is 5.53. The molecule has 2 aromatic carbocycles. The van der Waals surface area contributed by atoms with Crippen molar-refractivity contribution < 1.29 is 14.0 Å². The van der Waals surface area contributed by atoms with E-state index in [1.165, 1.54) is 12.1 Å². The predicted molar refractivity (Wildman–Crippen MR) is 87.8 cm³/mol. The van der Waals surface area contributed by atoms with Gasteiger partial charge in [-0.2, -0.15) is 0 Å². The first-order valence-electron chi connectivity index (χ1n) is 7.40. The lowest BCUT2D eigenvalue weighted by Gasteiger charge is -2.13. The van der Waals surface area contributed by atoms with E-state index in [2.05, 4.69) is 10.6 Å². The van der Waals surface area contributed by atoms with Crippen LogP contribution in [0.2, 0.25) is 0 Å². The van der Waals surface area contributed by atoms with Crippen LogP contribution in [0.5, 0.6) is 0 Å². The van der Waals surface area contributed by atoms with E-state index < -0.39 is 0 Å². The summed E-state index contributed by atoms with van der Waals surface area (Å²) in [6, 6.07) is 12.6. The van der Waals surface area contributed by atoms with Crippen LogP contribution in [0.3, 0.4) is 0 Å². The Bertz CT molecular complexity index is 696. The Hall–Kier alpha value is -2.69. The zero-order chi connectivity index (χ0) is 16.8. The standard InChI is InChI=1S/C18H19FN2O2/c1-12(2)20-18(23)15-5-3-4-6-16(15)21-17(22)11-13-7-9-14(19)10-8-13/h3-10,12H,11H2,1-2H3,(H,20,23)(H,21,22). The Balaban J connectivity index is 2.08. The molecule has 2 amide bonds. The Labute approximate surface area is 134 Å². The molecule has 0 fully saturated rings.